The van der Waals surface area contributed by atoms with Crippen molar-refractivity contribution in [3.63, 3.8) is 0 Å². The van der Waals surface area contributed by atoms with Crippen molar-refractivity contribution < 1.29 is 14.9 Å². The van der Waals surface area contributed by atoms with Gasteiger partial charge in [-0.15, -0.1) is 0 Å². The quantitative estimate of drug-likeness (QED) is 0.625. The van der Waals surface area contributed by atoms with Crippen molar-refractivity contribution in [1.29, 1.82) is 0 Å². The normalized spacial score (nSPS) is 32.3. The van der Waals surface area contributed by atoms with Crippen molar-refractivity contribution in [3.05, 3.63) is 12.2 Å². The number of aliphatic hydroxyl groups excluding tert-OH is 2. The fourth-order valence-corrected chi connectivity index (χ4v) is 3.25. The van der Waals surface area contributed by atoms with E-state index in [1.54, 1.807) is 4.57 Å². The van der Waals surface area contributed by atoms with E-state index >= 15 is 0 Å². The van der Waals surface area contributed by atoms with Crippen molar-refractivity contribution in [2.45, 2.75) is 31.3 Å². The molecule has 2 aromatic heterocycles. The standard InChI is InChI=1S/C12H15N5O3/c13-10-8-11(15-4-14-10)17-7(16-8)2-1-5-6(3-18)20-12(17)9(5)19/h4-6,9,12,18-19H,1-3H2,(H2,13,14,15)/t5-,6+,9+,12+/m0/s1. The molecule has 20 heavy (non-hydrogen) atoms. The lowest BCUT2D eigenvalue weighted by atomic mass is 9.94. The average Bonchev–Trinajstić information content (AvgIpc) is 2.89. The third kappa shape index (κ3) is 1.43. The van der Waals surface area contributed by atoms with Crippen LogP contribution in [-0.2, 0) is 11.2 Å². The third-order valence-electron chi connectivity index (χ3n) is 4.24. The molecule has 4 N–H and O–H groups in total. The van der Waals surface area contributed by atoms with Crippen LogP contribution in [0.5, 0.6) is 0 Å². The molecule has 0 aliphatic carbocycles. The molecule has 2 aliphatic rings. The Bertz CT molecular complexity index is 672. The van der Waals surface area contributed by atoms with E-state index in [2.05, 4.69) is 15.0 Å². The summed E-state index contributed by atoms with van der Waals surface area (Å²) in [6.45, 7) is -0.0999. The van der Waals surface area contributed by atoms with Gasteiger partial charge in [-0.25, -0.2) is 15.0 Å². The van der Waals surface area contributed by atoms with Crippen LogP contribution in [0.4, 0.5) is 5.82 Å². The molecular weight excluding hydrogens is 262 g/mol. The lowest BCUT2D eigenvalue weighted by Crippen LogP contribution is -2.26. The van der Waals surface area contributed by atoms with Crippen LogP contribution in [0.1, 0.15) is 18.5 Å². The molecule has 8 nitrogen and oxygen atoms in total. The van der Waals surface area contributed by atoms with Gasteiger partial charge >= 0.3 is 0 Å². The van der Waals surface area contributed by atoms with Gasteiger partial charge in [-0.1, -0.05) is 0 Å². The third-order valence-corrected chi connectivity index (χ3v) is 4.24. The number of anilines is 1. The number of nitrogen functional groups attached to an aromatic ring is 1. The van der Waals surface area contributed by atoms with Crippen molar-refractivity contribution in [2.75, 3.05) is 12.3 Å². The first-order valence-electron chi connectivity index (χ1n) is 6.62. The highest BCUT2D eigenvalue weighted by Crippen LogP contribution is 2.41. The SMILES string of the molecule is Nc1ncnc2c1nc1n2[C@@H]2O[C@H](CO)[C@H](CC1)[C@H]2O. The molecule has 0 saturated carbocycles. The summed E-state index contributed by atoms with van der Waals surface area (Å²) in [6, 6.07) is 0. The molecule has 106 valence electrons. The second kappa shape index (κ2) is 4.11. The highest BCUT2D eigenvalue weighted by Gasteiger charge is 2.47. The molecule has 4 atom stereocenters. The Kier molecular flexibility index (Phi) is 2.47. The Morgan fingerprint density at radius 3 is 3.10 bits per heavy atom. The van der Waals surface area contributed by atoms with Gasteiger partial charge in [-0.3, -0.25) is 4.57 Å². The van der Waals surface area contributed by atoms with Crippen molar-refractivity contribution in [3.8, 4) is 0 Å². The summed E-state index contributed by atoms with van der Waals surface area (Å²) < 4.78 is 7.57. The van der Waals surface area contributed by atoms with Crippen LogP contribution in [0.15, 0.2) is 6.33 Å². The molecule has 1 fully saturated rings. The smallest absolute Gasteiger partial charge is 0.167 e. The van der Waals surface area contributed by atoms with Crippen molar-refractivity contribution >= 4 is 17.0 Å². The Morgan fingerprint density at radius 2 is 2.30 bits per heavy atom. The first-order chi connectivity index (χ1) is 9.70. The Balaban J connectivity index is 1.92. The Labute approximate surface area is 114 Å². The number of hydrogen-bond donors (Lipinski definition) is 3. The maximum atomic E-state index is 10.4. The minimum absolute atomic E-state index is 0.0825. The predicted octanol–water partition coefficient (Wildman–Crippen LogP) is -0.779. The first-order valence-corrected chi connectivity index (χ1v) is 6.62. The van der Waals surface area contributed by atoms with Gasteiger partial charge in [-0.05, 0) is 6.42 Å². The summed E-state index contributed by atoms with van der Waals surface area (Å²) in [6.07, 6.45) is 1.17. The van der Waals surface area contributed by atoms with Gasteiger partial charge in [0.05, 0.1) is 12.7 Å². The van der Waals surface area contributed by atoms with Gasteiger partial charge in [-0.2, -0.15) is 0 Å². The fourth-order valence-electron chi connectivity index (χ4n) is 3.25. The molecule has 0 spiro atoms. The van der Waals surface area contributed by atoms with Gasteiger partial charge in [0.15, 0.2) is 23.2 Å². The van der Waals surface area contributed by atoms with E-state index in [0.29, 0.717) is 29.8 Å². The van der Waals surface area contributed by atoms with Gasteiger partial charge < -0.3 is 20.7 Å². The summed E-state index contributed by atoms with van der Waals surface area (Å²) in [4.78, 5) is 12.6. The van der Waals surface area contributed by atoms with Gasteiger partial charge in [0.2, 0.25) is 0 Å². The topological polar surface area (TPSA) is 119 Å². The molecular formula is C12H15N5O3. The minimum atomic E-state index is -0.679. The Hall–Kier alpha value is -1.77. The highest BCUT2D eigenvalue weighted by molar-refractivity contribution is 5.82. The number of nitrogens with two attached hydrogens (primary N) is 1. The summed E-state index contributed by atoms with van der Waals surface area (Å²) in [5.41, 5.74) is 6.92. The second-order valence-electron chi connectivity index (χ2n) is 5.27. The van der Waals surface area contributed by atoms with Crippen LogP contribution in [0.3, 0.4) is 0 Å². The van der Waals surface area contributed by atoms with Crippen LogP contribution < -0.4 is 5.73 Å². The minimum Gasteiger partial charge on any atom is -0.394 e. The summed E-state index contributed by atoms with van der Waals surface area (Å²) in [7, 11) is 0. The largest absolute Gasteiger partial charge is 0.394 e. The molecule has 0 radical (unpaired) electrons. The zero-order chi connectivity index (χ0) is 13.9. The summed E-state index contributed by atoms with van der Waals surface area (Å²) in [5, 5.41) is 19.8. The molecule has 4 rings (SSSR count). The van der Waals surface area contributed by atoms with Crippen LogP contribution >= 0.6 is 0 Å². The number of aromatic nitrogens is 4. The molecule has 1 saturated heterocycles. The lowest BCUT2D eigenvalue weighted by Gasteiger charge is -2.19. The van der Waals surface area contributed by atoms with Gasteiger partial charge in [0.25, 0.3) is 0 Å². The first kappa shape index (κ1) is 12.0. The molecule has 0 unspecified atom stereocenters. The molecule has 0 aromatic carbocycles. The number of aryl methyl sites for hydroxylation is 1. The van der Waals surface area contributed by atoms with Crippen molar-refractivity contribution in [2.24, 2.45) is 5.92 Å². The molecule has 2 aromatic rings. The molecule has 2 aliphatic heterocycles. The highest BCUT2D eigenvalue weighted by atomic mass is 16.5. The second-order valence-corrected chi connectivity index (χ2v) is 5.27. The van der Waals surface area contributed by atoms with E-state index in [4.69, 9.17) is 10.5 Å². The zero-order valence-electron chi connectivity index (χ0n) is 10.7. The van der Waals surface area contributed by atoms with E-state index in [0.717, 1.165) is 5.82 Å². The van der Waals surface area contributed by atoms with E-state index in [9.17, 15) is 10.2 Å². The Morgan fingerprint density at radius 1 is 1.45 bits per heavy atom. The number of nitrogens with zero attached hydrogens (tertiary/aromatic N) is 4. The number of fused-ring (bicyclic) bond motifs is 6. The number of ether oxygens (including phenoxy) is 1. The van der Waals surface area contributed by atoms with E-state index < -0.39 is 12.3 Å². The van der Waals surface area contributed by atoms with Crippen LogP contribution in [-0.4, -0.2) is 48.5 Å². The molecule has 4 heterocycles. The number of hydrogen-bond acceptors (Lipinski definition) is 7. The number of imidazole rings is 1. The van der Waals surface area contributed by atoms with Gasteiger partial charge in [0.1, 0.15) is 18.3 Å². The molecule has 2 bridgehead atoms. The van der Waals surface area contributed by atoms with E-state index in [1.807, 2.05) is 0 Å². The summed E-state index contributed by atoms with van der Waals surface area (Å²) in [5.74, 6) is 1.02. The monoisotopic (exact) mass is 277 g/mol. The number of aliphatic hydroxyl groups is 2. The molecule has 8 heteroatoms. The summed E-state index contributed by atoms with van der Waals surface area (Å²) >= 11 is 0. The maximum absolute atomic E-state index is 10.4. The molecule has 0 amide bonds. The zero-order valence-corrected chi connectivity index (χ0v) is 10.7. The van der Waals surface area contributed by atoms with E-state index in [1.165, 1.54) is 6.33 Å². The van der Waals surface area contributed by atoms with Crippen LogP contribution in [0, 0.1) is 5.92 Å². The predicted molar refractivity (Wildman–Crippen MR) is 68.5 cm³/mol. The van der Waals surface area contributed by atoms with Crippen molar-refractivity contribution in [1.82, 2.24) is 19.5 Å². The average molecular weight is 277 g/mol. The fraction of sp³-hybridized carbons (Fsp3) is 0.583. The maximum Gasteiger partial charge on any atom is 0.167 e. The van der Waals surface area contributed by atoms with Crippen LogP contribution in [0.2, 0.25) is 0 Å². The van der Waals surface area contributed by atoms with Crippen LogP contribution in [0.25, 0.3) is 11.2 Å². The van der Waals surface area contributed by atoms with E-state index in [-0.39, 0.29) is 18.6 Å². The lowest BCUT2D eigenvalue weighted by molar-refractivity contribution is -0.0518. The van der Waals surface area contributed by atoms with Gasteiger partial charge in [0, 0.05) is 12.3 Å². The number of rotatable bonds is 1.